The second-order valence-corrected chi connectivity index (χ2v) is 3.36. The molecule has 1 aliphatic rings. The number of aliphatic hydroxyl groups excluding tert-OH is 1. The number of ether oxygens (including phenoxy) is 2. The van der Waals surface area contributed by atoms with Crippen molar-refractivity contribution in [3.05, 3.63) is 0 Å². The normalized spacial score (nSPS) is 23.4. The van der Waals surface area contributed by atoms with Gasteiger partial charge in [-0.05, 0) is 25.8 Å². The number of hydrogen-bond donors (Lipinski definition) is 2. The molecule has 0 saturated carbocycles. The molecule has 82 valence electrons. The molecular formula is C9H17NO4. The van der Waals surface area contributed by atoms with Gasteiger partial charge in [-0.15, -0.1) is 0 Å². The third-order valence-electron chi connectivity index (χ3n) is 2.15. The molecule has 1 aliphatic heterocycles. The van der Waals surface area contributed by atoms with Crippen LogP contribution >= 0.6 is 0 Å². The van der Waals surface area contributed by atoms with Crippen molar-refractivity contribution >= 4 is 5.97 Å². The Labute approximate surface area is 83.2 Å². The van der Waals surface area contributed by atoms with Crippen LogP contribution < -0.4 is 5.73 Å². The average Bonchev–Trinajstić information content (AvgIpc) is 2.67. The molecule has 0 aromatic heterocycles. The summed E-state index contributed by atoms with van der Waals surface area (Å²) in [6.45, 7) is 1.24. The van der Waals surface area contributed by atoms with Crippen LogP contribution in [0.4, 0.5) is 0 Å². The average molecular weight is 203 g/mol. The van der Waals surface area contributed by atoms with E-state index in [1.165, 1.54) is 0 Å². The Morgan fingerprint density at radius 3 is 3.07 bits per heavy atom. The second-order valence-electron chi connectivity index (χ2n) is 3.36. The molecular weight excluding hydrogens is 186 g/mol. The number of rotatable bonds is 5. The monoisotopic (exact) mass is 203 g/mol. The van der Waals surface area contributed by atoms with Gasteiger partial charge in [0.1, 0.15) is 6.61 Å². The molecule has 2 atom stereocenters. The molecule has 14 heavy (non-hydrogen) atoms. The van der Waals surface area contributed by atoms with Gasteiger partial charge in [0, 0.05) is 6.61 Å². The fourth-order valence-electron chi connectivity index (χ4n) is 1.32. The predicted octanol–water partition coefficient (Wildman–Crippen LogP) is -0.582. The lowest BCUT2D eigenvalue weighted by atomic mass is 10.2. The quantitative estimate of drug-likeness (QED) is 0.584. The minimum absolute atomic E-state index is 0.00373. The fourth-order valence-corrected chi connectivity index (χ4v) is 1.32. The maximum atomic E-state index is 11.1. The van der Waals surface area contributed by atoms with Crippen LogP contribution in [0.25, 0.3) is 0 Å². The zero-order chi connectivity index (χ0) is 10.4. The summed E-state index contributed by atoms with van der Waals surface area (Å²) >= 11 is 0. The van der Waals surface area contributed by atoms with Gasteiger partial charge >= 0.3 is 5.97 Å². The molecule has 1 heterocycles. The molecule has 0 bridgehead atoms. The number of aliphatic hydroxyl groups is 1. The van der Waals surface area contributed by atoms with Gasteiger partial charge in [-0.3, -0.25) is 0 Å². The van der Waals surface area contributed by atoms with Crippen molar-refractivity contribution in [3.8, 4) is 0 Å². The highest BCUT2D eigenvalue weighted by Crippen LogP contribution is 2.12. The number of carbonyl (C=O) groups is 1. The molecule has 5 nitrogen and oxygen atoms in total. The smallest absolute Gasteiger partial charge is 0.335 e. The third kappa shape index (κ3) is 3.61. The Kier molecular flexibility index (Phi) is 4.86. The minimum atomic E-state index is -1.10. The Morgan fingerprint density at radius 2 is 2.50 bits per heavy atom. The summed E-state index contributed by atoms with van der Waals surface area (Å²) in [4.78, 5) is 11.1. The van der Waals surface area contributed by atoms with E-state index in [2.05, 4.69) is 0 Å². The Bertz CT molecular complexity index is 180. The summed E-state index contributed by atoms with van der Waals surface area (Å²) < 4.78 is 10.1. The zero-order valence-corrected chi connectivity index (χ0v) is 8.15. The Morgan fingerprint density at radius 1 is 1.71 bits per heavy atom. The second kappa shape index (κ2) is 5.95. The molecule has 0 aliphatic carbocycles. The van der Waals surface area contributed by atoms with Crippen molar-refractivity contribution in [2.24, 2.45) is 5.73 Å². The molecule has 1 rings (SSSR count). The van der Waals surface area contributed by atoms with Gasteiger partial charge in [0.25, 0.3) is 0 Å². The summed E-state index contributed by atoms with van der Waals surface area (Å²) in [5.41, 5.74) is 5.19. The topological polar surface area (TPSA) is 81.8 Å². The summed E-state index contributed by atoms with van der Waals surface area (Å²) in [5, 5.41) is 9.20. The van der Waals surface area contributed by atoms with Gasteiger partial charge in [-0.2, -0.15) is 0 Å². The third-order valence-corrected chi connectivity index (χ3v) is 2.15. The van der Waals surface area contributed by atoms with Crippen LogP contribution in [-0.2, 0) is 14.3 Å². The SMILES string of the molecule is NCCC(O)C(=O)OCC1CCCO1. The van der Waals surface area contributed by atoms with Crippen LogP contribution in [0.5, 0.6) is 0 Å². The first kappa shape index (κ1) is 11.4. The van der Waals surface area contributed by atoms with Gasteiger partial charge in [0.2, 0.25) is 0 Å². The summed E-state index contributed by atoms with van der Waals surface area (Å²) in [7, 11) is 0. The number of hydrogen-bond acceptors (Lipinski definition) is 5. The largest absolute Gasteiger partial charge is 0.461 e. The minimum Gasteiger partial charge on any atom is -0.461 e. The van der Waals surface area contributed by atoms with Crippen LogP contribution in [0.2, 0.25) is 0 Å². The molecule has 0 aromatic rings. The van der Waals surface area contributed by atoms with Crippen molar-refractivity contribution in [2.75, 3.05) is 19.8 Å². The highest BCUT2D eigenvalue weighted by molar-refractivity contribution is 5.74. The lowest BCUT2D eigenvalue weighted by molar-refractivity contribution is -0.156. The predicted molar refractivity (Wildman–Crippen MR) is 49.6 cm³/mol. The zero-order valence-electron chi connectivity index (χ0n) is 8.15. The van der Waals surface area contributed by atoms with E-state index in [-0.39, 0.29) is 25.7 Å². The molecule has 0 aromatic carbocycles. The number of carbonyl (C=O) groups excluding carboxylic acids is 1. The molecule has 3 N–H and O–H groups in total. The van der Waals surface area contributed by atoms with Crippen molar-refractivity contribution in [1.29, 1.82) is 0 Å². The van der Waals surface area contributed by atoms with E-state index in [0.29, 0.717) is 0 Å². The molecule has 1 fully saturated rings. The van der Waals surface area contributed by atoms with E-state index in [1.54, 1.807) is 0 Å². The van der Waals surface area contributed by atoms with E-state index in [0.717, 1.165) is 19.4 Å². The van der Waals surface area contributed by atoms with Crippen molar-refractivity contribution in [2.45, 2.75) is 31.5 Å². The molecule has 2 unspecified atom stereocenters. The summed E-state index contributed by atoms with van der Waals surface area (Å²) in [6, 6.07) is 0. The lowest BCUT2D eigenvalue weighted by Crippen LogP contribution is -2.28. The van der Waals surface area contributed by atoms with Crippen LogP contribution in [0.1, 0.15) is 19.3 Å². The number of esters is 1. The van der Waals surface area contributed by atoms with Crippen LogP contribution in [0, 0.1) is 0 Å². The maximum Gasteiger partial charge on any atom is 0.335 e. The first-order valence-corrected chi connectivity index (χ1v) is 4.90. The first-order chi connectivity index (χ1) is 6.74. The Balaban J connectivity index is 2.13. The van der Waals surface area contributed by atoms with Crippen molar-refractivity contribution < 1.29 is 19.4 Å². The first-order valence-electron chi connectivity index (χ1n) is 4.90. The lowest BCUT2D eigenvalue weighted by Gasteiger charge is -2.12. The van der Waals surface area contributed by atoms with E-state index in [9.17, 15) is 9.90 Å². The molecule has 5 heteroatoms. The van der Waals surface area contributed by atoms with E-state index in [1.807, 2.05) is 0 Å². The highest BCUT2D eigenvalue weighted by Gasteiger charge is 2.20. The van der Waals surface area contributed by atoms with Crippen LogP contribution in [0.15, 0.2) is 0 Å². The van der Waals surface area contributed by atoms with Crippen molar-refractivity contribution in [1.82, 2.24) is 0 Å². The van der Waals surface area contributed by atoms with Crippen LogP contribution in [0.3, 0.4) is 0 Å². The Hall–Kier alpha value is -0.650. The number of nitrogens with two attached hydrogens (primary N) is 1. The van der Waals surface area contributed by atoms with Gasteiger partial charge in [-0.1, -0.05) is 0 Å². The van der Waals surface area contributed by atoms with Gasteiger partial charge in [0.15, 0.2) is 6.10 Å². The van der Waals surface area contributed by atoms with E-state index < -0.39 is 12.1 Å². The standard InChI is InChI=1S/C9H17NO4/c10-4-3-8(11)9(12)14-6-7-2-1-5-13-7/h7-8,11H,1-6,10H2. The van der Waals surface area contributed by atoms with Gasteiger partial charge in [0.05, 0.1) is 6.10 Å². The highest BCUT2D eigenvalue weighted by atomic mass is 16.6. The van der Waals surface area contributed by atoms with Gasteiger partial charge in [-0.25, -0.2) is 4.79 Å². The van der Waals surface area contributed by atoms with Crippen molar-refractivity contribution in [3.63, 3.8) is 0 Å². The van der Waals surface area contributed by atoms with Crippen LogP contribution in [-0.4, -0.2) is 43.0 Å². The summed E-state index contributed by atoms with van der Waals surface area (Å²) in [6.07, 6.45) is 1.07. The van der Waals surface area contributed by atoms with Gasteiger partial charge < -0.3 is 20.3 Å². The van der Waals surface area contributed by atoms with E-state index in [4.69, 9.17) is 15.2 Å². The van der Waals surface area contributed by atoms with E-state index >= 15 is 0 Å². The summed E-state index contributed by atoms with van der Waals surface area (Å²) in [5.74, 6) is -0.606. The molecule has 0 radical (unpaired) electrons. The fraction of sp³-hybridized carbons (Fsp3) is 0.889. The maximum absolute atomic E-state index is 11.1. The molecule has 1 saturated heterocycles. The molecule has 0 spiro atoms. The molecule has 0 amide bonds.